The van der Waals surface area contributed by atoms with Crippen LogP contribution in [-0.4, -0.2) is 21.7 Å². The van der Waals surface area contributed by atoms with Gasteiger partial charge in [-0.15, -0.1) is 0 Å². The Hall–Kier alpha value is -1.35. The summed E-state index contributed by atoms with van der Waals surface area (Å²) < 4.78 is 0. The lowest BCUT2D eigenvalue weighted by molar-refractivity contribution is 0.211. The molecule has 1 aliphatic carbocycles. The molecule has 78 valence electrons. The third kappa shape index (κ3) is 1.53. The zero-order chi connectivity index (χ0) is 10.3. The maximum absolute atomic E-state index is 9.27. The maximum Gasteiger partial charge on any atom is 0.0931 e. The number of H-pyrrole nitrogens is 1. The third-order valence-corrected chi connectivity index (χ3v) is 3.36. The molecule has 1 fully saturated rings. The second-order valence-electron chi connectivity index (χ2n) is 4.59. The Balaban J connectivity index is 1.91. The van der Waals surface area contributed by atoms with Gasteiger partial charge in [-0.05, 0) is 42.4 Å². The van der Waals surface area contributed by atoms with E-state index in [1.807, 2.05) is 6.07 Å². The van der Waals surface area contributed by atoms with Gasteiger partial charge in [-0.25, -0.2) is 4.98 Å². The van der Waals surface area contributed by atoms with Crippen LogP contribution in [0, 0.1) is 5.41 Å². The molecular weight excluding hydrogens is 188 g/mol. The lowest BCUT2D eigenvalue weighted by Gasteiger charge is -2.10. The van der Waals surface area contributed by atoms with Gasteiger partial charge in [-0.1, -0.05) is 6.07 Å². The smallest absolute Gasteiger partial charge is 0.0931 e. The summed E-state index contributed by atoms with van der Waals surface area (Å²) in [6.07, 6.45) is 5.01. The van der Waals surface area contributed by atoms with Gasteiger partial charge in [0.2, 0.25) is 0 Å². The summed E-state index contributed by atoms with van der Waals surface area (Å²) in [5.41, 5.74) is 3.57. The maximum atomic E-state index is 9.27. The SMILES string of the molecule is OCC1(Cc2ccc3nc[nH]c3c2)CC1. The van der Waals surface area contributed by atoms with E-state index in [9.17, 15) is 5.11 Å². The number of nitrogens with zero attached hydrogens (tertiary/aromatic N) is 1. The summed E-state index contributed by atoms with van der Waals surface area (Å²) in [4.78, 5) is 7.30. The fraction of sp³-hybridized carbons (Fsp3) is 0.417. The molecule has 3 heteroatoms. The number of aliphatic hydroxyl groups excluding tert-OH is 1. The van der Waals surface area contributed by atoms with Crippen LogP contribution in [0.4, 0.5) is 0 Å². The molecule has 0 atom stereocenters. The Bertz CT molecular complexity index is 485. The molecule has 3 rings (SSSR count). The Morgan fingerprint density at radius 2 is 2.27 bits per heavy atom. The Morgan fingerprint density at radius 1 is 1.40 bits per heavy atom. The second-order valence-corrected chi connectivity index (χ2v) is 4.59. The van der Waals surface area contributed by atoms with Gasteiger partial charge in [-0.3, -0.25) is 0 Å². The van der Waals surface area contributed by atoms with Gasteiger partial charge in [0, 0.05) is 6.61 Å². The molecule has 3 nitrogen and oxygen atoms in total. The molecule has 1 heterocycles. The van der Waals surface area contributed by atoms with Crippen molar-refractivity contribution in [2.75, 3.05) is 6.61 Å². The summed E-state index contributed by atoms with van der Waals surface area (Å²) in [7, 11) is 0. The Labute approximate surface area is 88.2 Å². The average molecular weight is 202 g/mol. The number of fused-ring (bicyclic) bond motifs is 1. The number of nitrogens with one attached hydrogen (secondary N) is 1. The fourth-order valence-corrected chi connectivity index (χ4v) is 2.09. The number of imidazole rings is 1. The minimum absolute atomic E-state index is 0.188. The largest absolute Gasteiger partial charge is 0.396 e. The van der Waals surface area contributed by atoms with Crippen LogP contribution >= 0.6 is 0 Å². The van der Waals surface area contributed by atoms with Crippen LogP contribution in [0.3, 0.4) is 0 Å². The van der Waals surface area contributed by atoms with Crippen molar-refractivity contribution in [2.24, 2.45) is 5.41 Å². The standard InChI is InChI=1S/C12H14N2O/c15-7-12(3-4-12)6-9-1-2-10-11(5-9)14-8-13-10/h1-2,5,8,15H,3-4,6-7H2,(H,13,14). The van der Waals surface area contributed by atoms with Crippen molar-refractivity contribution in [1.82, 2.24) is 9.97 Å². The topological polar surface area (TPSA) is 48.9 Å². The minimum atomic E-state index is 0.188. The van der Waals surface area contributed by atoms with Gasteiger partial charge in [0.15, 0.2) is 0 Å². The number of hydrogen-bond acceptors (Lipinski definition) is 2. The first-order valence-corrected chi connectivity index (χ1v) is 5.34. The molecule has 0 spiro atoms. The van der Waals surface area contributed by atoms with Crippen molar-refractivity contribution >= 4 is 11.0 Å². The minimum Gasteiger partial charge on any atom is -0.396 e. The quantitative estimate of drug-likeness (QED) is 0.798. The number of hydrogen-bond donors (Lipinski definition) is 2. The van der Waals surface area contributed by atoms with Crippen LogP contribution < -0.4 is 0 Å². The van der Waals surface area contributed by atoms with E-state index in [4.69, 9.17) is 0 Å². The van der Waals surface area contributed by atoms with Crippen molar-refractivity contribution in [2.45, 2.75) is 19.3 Å². The molecule has 0 saturated heterocycles. The third-order valence-electron chi connectivity index (χ3n) is 3.36. The molecule has 2 N–H and O–H groups in total. The zero-order valence-corrected chi connectivity index (χ0v) is 8.53. The highest BCUT2D eigenvalue weighted by molar-refractivity contribution is 5.75. The Morgan fingerprint density at radius 3 is 3.00 bits per heavy atom. The van der Waals surface area contributed by atoms with E-state index in [1.54, 1.807) is 6.33 Å². The van der Waals surface area contributed by atoms with Gasteiger partial charge in [0.25, 0.3) is 0 Å². The van der Waals surface area contributed by atoms with Crippen LogP contribution in [0.15, 0.2) is 24.5 Å². The zero-order valence-electron chi connectivity index (χ0n) is 8.53. The van der Waals surface area contributed by atoms with Crippen LogP contribution in [0.2, 0.25) is 0 Å². The molecule has 1 aromatic carbocycles. The van der Waals surface area contributed by atoms with Crippen LogP contribution in [0.25, 0.3) is 11.0 Å². The fourth-order valence-electron chi connectivity index (χ4n) is 2.09. The lowest BCUT2D eigenvalue weighted by atomic mass is 9.97. The van der Waals surface area contributed by atoms with Gasteiger partial charge in [0.05, 0.1) is 17.4 Å². The summed E-state index contributed by atoms with van der Waals surface area (Å²) in [5.74, 6) is 0. The van der Waals surface area contributed by atoms with E-state index in [1.165, 1.54) is 5.56 Å². The van der Waals surface area contributed by atoms with E-state index in [2.05, 4.69) is 22.1 Å². The molecule has 15 heavy (non-hydrogen) atoms. The molecular formula is C12H14N2O. The number of rotatable bonds is 3. The van der Waals surface area contributed by atoms with E-state index in [-0.39, 0.29) is 5.41 Å². The summed E-state index contributed by atoms with van der Waals surface area (Å²) in [5, 5.41) is 9.27. The summed E-state index contributed by atoms with van der Waals surface area (Å²) in [6.45, 7) is 0.314. The summed E-state index contributed by atoms with van der Waals surface area (Å²) in [6, 6.07) is 6.28. The highest BCUT2D eigenvalue weighted by Gasteiger charge is 2.41. The van der Waals surface area contributed by atoms with Crippen molar-refractivity contribution in [3.05, 3.63) is 30.1 Å². The van der Waals surface area contributed by atoms with Gasteiger partial charge in [-0.2, -0.15) is 0 Å². The lowest BCUT2D eigenvalue weighted by Crippen LogP contribution is -2.09. The average Bonchev–Trinajstić information content (AvgIpc) is 2.88. The molecule has 0 amide bonds. The van der Waals surface area contributed by atoms with E-state index >= 15 is 0 Å². The number of aromatic amines is 1. The summed E-state index contributed by atoms with van der Waals surface area (Å²) >= 11 is 0. The van der Waals surface area contributed by atoms with Crippen LogP contribution in [0.1, 0.15) is 18.4 Å². The molecule has 0 radical (unpaired) electrons. The van der Waals surface area contributed by atoms with Gasteiger partial charge < -0.3 is 10.1 Å². The highest BCUT2D eigenvalue weighted by atomic mass is 16.3. The van der Waals surface area contributed by atoms with Crippen molar-refractivity contribution < 1.29 is 5.11 Å². The van der Waals surface area contributed by atoms with E-state index in [0.29, 0.717) is 6.61 Å². The molecule has 1 saturated carbocycles. The second kappa shape index (κ2) is 3.07. The Kier molecular flexibility index (Phi) is 1.83. The van der Waals surface area contributed by atoms with E-state index < -0.39 is 0 Å². The highest BCUT2D eigenvalue weighted by Crippen LogP contribution is 2.47. The van der Waals surface area contributed by atoms with Crippen LogP contribution in [0.5, 0.6) is 0 Å². The molecule has 2 aromatic rings. The molecule has 0 bridgehead atoms. The monoisotopic (exact) mass is 202 g/mol. The first-order valence-electron chi connectivity index (χ1n) is 5.34. The van der Waals surface area contributed by atoms with Crippen molar-refractivity contribution in [1.29, 1.82) is 0 Å². The predicted octanol–water partition coefficient (Wildman–Crippen LogP) is 1.88. The normalized spacial score (nSPS) is 18.2. The first kappa shape index (κ1) is 8.92. The van der Waals surface area contributed by atoms with Crippen molar-refractivity contribution in [3.8, 4) is 0 Å². The number of aliphatic hydroxyl groups is 1. The molecule has 1 aliphatic rings. The predicted molar refractivity (Wildman–Crippen MR) is 58.6 cm³/mol. The van der Waals surface area contributed by atoms with Crippen LogP contribution in [-0.2, 0) is 6.42 Å². The molecule has 0 aliphatic heterocycles. The number of benzene rings is 1. The van der Waals surface area contributed by atoms with Gasteiger partial charge in [0.1, 0.15) is 0 Å². The van der Waals surface area contributed by atoms with Gasteiger partial charge >= 0.3 is 0 Å². The number of aromatic nitrogens is 2. The molecule has 1 aromatic heterocycles. The molecule has 0 unspecified atom stereocenters. The first-order chi connectivity index (χ1) is 7.31. The van der Waals surface area contributed by atoms with E-state index in [0.717, 1.165) is 30.3 Å². The van der Waals surface area contributed by atoms with Crippen molar-refractivity contribution in [3.63, 3.8) is 0 Å².